The summed E-state index contributed by atoms with van der Waals surface area (Å²) in [6.45, 7) is 10.00. The van der Waals surface area contributed by atoms with Crippen molar-refractivity contribution >= 4 is 6.03 Å². The van der Waals surface area contributed by atoms with E-state index in [9.17, 15) is 4.79 Å². The minimum absolute atomic E-state index is 0.0412. The summed E-state index contributed by atoms with van der Waals surface area (Å²) in [5.41, 5.74) is 3.76. The van der Waals surface area contributed by atoms with Crippen molar-refractivity contribution in [2.75, 3.05) is 19.9 Å². The lowest BCUT2D eigenvalue weighted by Crippen LogP contribution is -2.53. The largest absolute Gasteiger partial charge is 0.454 e. The highest BCUT2D eigenvalue weighted by Crippen LogP contribution is 2.32. The van der Waals surface area contributed by atoms with Gasteiger partial charge in [-0.3, -0.25) is 4.90 Å². The van der Waals surface area contributed by atoms with Crippen molar-refractivity contribution in [3.05, 3.63) is 59.2 Å². The van der Waals surface area contributed by atoms with Crippen LogP contribution < -0.4 is 20.1 Å². The molecule has 2 aliphatic rings. The van der Waals surface area contributed by atoms with Crippen molar-refractivity contribution in [1.82, 2.24) is 15.5 Å². The van der Waals surface area contributed by atoms with Crippen LogP contribution in [0.1, 0.15) is 37.5 Å². The van der Waals surface area contributed by atoms with Crippen molar-refractivity contribution in [2.45, 2.75) is 46.3 Å². The van der Waals surface area contributed by atoms with Gasteiger partial charge >= 0.3 is 6.03 Å². The number of amides is 2. The van der Waals surface area contributed by atoms with Gasteiger partial charge in [0.05, 0.1) is 0 Å². The number of ether oxygens (including phenoxy) is 2. The average Bonchev–Trinajstić information content (AvgIpc) is 3.19. The monoisotopic (exact) mass is 409 g/mol. The topological polar surface area (TPSA) is 62.8 Å². The summed E-state index contributed by atoms with van der Waals surface area (Å²) in [5.74, 6) is 1.48. The number of carbonyl (C=O) groups excluding carboxylic acids is 1. The van der Waals surface area contributed by atoms with Crippen LogP contribution in [0.25, 0.3) is 0 Å². The molecule has 2 aromatic carbocycles. The number of nitrogens with zero attached hydrogens (tertiary/aromatic N) is 1. The number of rotatable bonds is 5. The first-order valence-corrected chi connectivity index (χ1v) is 10.6. The third-order valence-corrected chi connectivity index (χ3v) is 5.89. The molecular formula is C24H31N3O3. The van der Waals surface area contributed by atoms with Crippen LogP contribution in [0, 0.1) is 5.41 Å². The molecule has 0 unspecified atom stereocenters. The molecule has 4 rings (SSSR count). The van der Waals surface area contributed by atoms with Gasteiger partial charge in [0.25, 0.3) is 0 Å². The van der Waals surface area contributed by atoms with E-state index in [2.05, 4.69) is 60.6 Å². The van der Waals surface area contributed by atoms with E-state index in [0.29, 0.717) is 6.54 Å². The summed E-state index contributed by atoms with van der Waals surface area (Å²) in [6.07, 6.45) is 1.06. The smallest absolute Gasteiger partial charge is 0.315 e. The molecule has 6 nitrogen and oxygen atoms in total. The van der Waals surface area contributed by atoms with Gasteiger partial charge in [0.15, 0.2) is 11.5 Å². The first-order valence-electron chi connectivity index (χ1n) is 10.6. The molecule has 2 aliphatic heterocycles. The standard InChI is InChI=1S/C24H31N3O3/c1-24(2,3)22(15-27-11-10-18-6-4-5-7-19(18)14-27)26-23(28)25-13-17-8-9-20-21(12-17)30-16-29-20/h4-9,12,22H,10-11,13-16H2,1-3H3,(H2,25,26,28)/t22-/m1/s1. The Balaban J connectivity index is 1.33. The zero-order valence-electron chi connectivity index (χ0n) is 18.0. The Kier molecular flexibility index (Phi) is 5.86. The van der Waals surface area contributed by atoms with Crippen LogP contribution in [0.3, 0.4) is 0 Å². The maximum atomic E-state index is 12.7. The van der Waals surface area contributed by atoms with Crippen LogP contribution >= 0.6 is 0 Å². The van der Waals surface area contributed by atoms with Gasteiger partial charge in [0.1, 0.15) is 0 Å². The molecular weight excluding hydrogens is 378 g/mol. The fraction of sp³-hybridized carbons (Fsp3) is 0.458. The van der Waals surface area contributed by atoms with Crippen LogP contribution in [0.15, 0.2) is 42.5 Å². The van der Waals surface area contributed by atoms with Crippen molar-refractivity contribution < 1.29 is 14.3 Å². The summed E-state index contributed by atoms with van der Waals surface area (Å²) in [7, 11) is 0. The summed E-state index contributed by atoms with van der Waals surface area (Å²) in [5, 5.41) is 6.18. The van der Waals surface area contributed by atoms with Gasteiger partial charge in [0, 0.05) is 32.2 Å². The molecule has 0 saturated carbocycles. The van der Waals surface area contributed by atoms with Crippen molar-refractivity contribution in [3.63, 3.8) is 0 Å². The highest BCUT2D eigenvalue weighted by atomic mass is 16.7. The van der Waals surface area contributed by atoms with Gasteiger partial charge < -0.3 is 20.1 Å². The molecule has 2 heterocycles. The molecule has 2 N–H and O–H groups in total. The summed E-state index contributed by atoms with van der Waals surface area (Å²) >= 11 is 0. The number of benzene rings is 2. The SMILES string of the molecule is CC(C)(C)[C@@H](CN1CCc2ccccc2C1)NC(=O)NCc1ccc2c(c1)OCO2. The first-order chi connectivity index (χ1) is 14.4. The maximum Gasteiger partial charge on any atom is 0.315 e. The van der Waals surface area contributed by atoms with E-state index >= 15 is 0 Å². The molecule has 0 bridgehead atoms. The average molecular weight is 410 g/mol. The quantitative estimate of drug-likeness (QED) is 0.791. The van der Waals surface area contributed by atoms with Crippen LogP contribution in [0.5, 0.6) is 11.5 Å². The minimum Gasteiger partial charge on any atom is -0.454 e. The number of hydrogen-bond donors (Lipinski definition) is 2. The predicted octanol–water partition coefficient (Wildman–Crippen LogP) is 3.69. The Hall–Kier alpha value is -2.73. The molecule has 30 heavy (non-hydrogen) atoms. The molecule has 0 aliphatic carbocycles. The summed E-state index contributed by atoms with van der Waals surface area (Å²) < 4.78 is 10.7. The number of fused-ring (bicyclic) bond motifs is 2. The molecule has 2 aromatic rings. The van der Waals surface area contributed by atoms with Gasteiger partial charge in [-0.05, 0) is 40.7 Å². The van der Waals surface area contributed by atoms with Crippen molar-refractivity contribution in [1.29, 1.82) is 0 Å². The Morgan fingerprint density at radius 3 is 2.67 bits per heavy atom. The van der Waals surface area contributed by atoms with Crippen molar-refractivity contribution in [3.8, 4) is 11.5 Å². The van der Waals surface area contributed by atoms with Gasteiger partial charge in [-0.25, -0.2) is 4.79 Å². The zero-order chi connectivity index (χ0) is 21.1. The lowest BCUT2D eigenvalue weighted by Gasteiger charge is -2.37. The second-order valence-electron chi connectivity index (χ2n) is 9.19. The molecule has 0 radical (unpaired) electrons. The first kappa shape index (κ1) is 20.5. The number of nitrogens with one attached hydrogen (secondary N) is 2. The molecule has 0 saturated heterocycles. The second-order valence-corrected chi connectivity index (χ2v) is 9.19. The Bertz CT molecular complexity index is 907. The third kappa shape index (κ3) is 4.87. The van der Waals surface area contributed by atoms with E-state index in [1.165, 1.54) is 11.1 Å². The van der Waals surface area contributed by atoms with E-state index in [1.807, 2.05) is 18.2 Å². The Morgan fingerprint density at radius 2 is 1.87 bits per heavy atom. The van der Waals surface area contributed by atoms with Gasteiger partial charge in [-0.15, -0.1) is 0 Å². The minimum atomic E-state index is -0.148. The van der Waals surface area contributed by atoms with Crippen LogP contribution in [0.2, 0.25) is 0 Å². The lowest BCUT2D eigenvalue weighted by atomic mass is 9.86. The normalized spacial score (nSPS) is 16.6. The fourth-order valence-electron chi connectivity index (χ4n) is 3.95. The second kappa shape index (κ2) is 8.56. The lowest BCUT2D eigenvalue weighted by molar-refractivity contribution is 0.161. The maximum absolute atomic E-state index is 12.7. The molecule has 160 valence electrons. The van der Waals surface area contributed by atoms with E-state index in [0.717, 1.165) is 43.1 Å². The Labute approximate surface area is 178 Å². The third-order valence-electron chi connectivity index (χ3n) is 5.89. The van der Waals surface area contributed by atoms with Crippen LogP contribution in [-0.4, -0.2) is 36.9 Å². The van der Waals surface area contributed by atoms with Crippen LogP contribution in [-0.2, 0) is 19.5 Å². The highest BCUT2D eigenvalue weighted by molar-refractivity contribution is 5.74. The molecule has 0 fully saturated rings. The van der Waals surface area contributed by atoms with E-state index < -0.39 is 0 Å². The van der Waals surface area contributed by atoms with E-state index in [4.69, 9.17) is 9.47 Å². The van der Waals surface area contributed by atoms with E-state index in [-0.39, 0.29) is 24.3 Å². The van der Waals surface area contributed by atoms with Crippen molar-refractivity contribution in [2.24, 2.45) is 5.41 Å². The number of urea groups is 1. The molecule has 0 aromatic heterocycles. The molecule has 1 atom stereocenters. The van der Waals surface area contributed by atoms with Crippen LogP contribution in [0.4, 0.5) is 4.79 Å². The number of carbonyl (C=O) groups is 1. The Morgan fingerprint density at radius 1 is 1.10 bits per heavy atom. The summed E-state index contributed by atoms with van der Waals surface area (Å²) in [6, 6.07) is 14.3. The highest BCUT2D eigenvalue weighted by Gasteiger charge is 2.29. The predicted molar refractivity (Wildman–Crippen MR) is 117 cm³/mol. The van der Waals surface area contributed by atoms with Gasteiger partial charge in [-0.1, -0.05) is 51.1 Å². The van der Waals surface area contributed by atoms with Gasteiger partial charge in [-0.2, -0.15) is 0 Å². The molecule has 6 heteroatoms. The van der Waals surface area contributed by atoms with Gasteiger partial charge in [0.2, 0.25) is 6.79 Å². The van der Waals surface area contributed by atoms with E-state index in [1.54, 1.807) is 0 Å². The number of hydrogen-bond acceptors (Lipinski definition) is 4. The molecule has 2 amide bonds. The molecule has 0 spiro atoms. The summed E-state index contributed by atoms with van der Waals surface area (Å²) in [4.78, 5) is 15.1. The fourth-order valence-corrected chi connectivity index (χ4v) is 3.95. The zero-order valence-corrected chi connectivity index (χ0v) is 18.0.